The molecule has 2 saturated heterocycles. The van der Waals surface area contributed by atoms with Gasteiger partial charge in [-0.1, -0.05) is 22.0 Å². The highest BCUT2D eigenvalue weighted by Gasteiger charge is 2.36. The summed E-state index contributed by atoms with van der Waals surface area (Å²) in [6, 6.07) is 6.52. The van der Waals surface area contributed by atoms with Crippen molar-refractivity contribution in [2.24, 2.45) is 5.92 Å². The number of hydrogen-bond acceptors (Lipinski definition) is 3. The SMILES string of the molecule is O=C(O)C1CCN(C(=O)NC2CCN(c3cccc(Br)c3)C2=O)C1. The van der Waals surface area contributed by atoms with Crippen molar-refractivity contribution in [3.8, 4) is 0 Å². The summed E-state index contributed by atoms with van der Waals surface area (Å²) >= 11 is 3.38. The highest BCUT2D eigenvalue weighted by atomic mass is 79.9. The van der Waals surface area contributed by atoms with Gasteiger partial charge in [0.25, 0.3) is 0 Å². The van der Waals surface area contributed by atoms with Gasteiger partial charge in [0.15, 0.2) is 0 Å². The first-order chi connectivity index (χ1) is 11.5. The molecule has 24 heavy (non-hydrogen) atoms. The van der Waals surface area contributed by atoms with E-state index in [0.29, 0.717) is 25.9 Å². The van der Waals surface area contributed by atoms with Crippen molar-refractivity contribution in [3.05, 3.63) is 28.7 Å². The Morgan fingerprint density at radius 3 is 2.71 bits per heavy atom. The van der Waals surface area contributed by atoms with Gasteiger partial charge in [-0.05, 0) is 31.0 Å². The predicted molar refractivity (Wildman–Crippen MR) is 90.7 cm³/mol. The number of nitrogens with one attached hydrogen (secondary N) is 1. The number of carboxylic acid groups (broad SMARTS) is 1. The molecule has 128 valence electrons. The van der Waals surface area contributed by atoms with Gasteiger partial charge in [-0.25, -0.2) is 4.79 Å². The van der Waals surface area contributed by atoms with Crippen LogP contribution in [0.4, 0.5) is 10.5 Å². The summed E-state index contributed by atoms with van der Waals surface area (Å²) in [4.78, 5) is 38.9. The van der Waals surface area contributed by atoms with E-state index in [4.69, 9.17) is 5.11 Å². The van der Waals surface area contributed by atoms with Crippen LogP contribution in [0.5, 0.6) is 0 Å². The lowest BCUT2D eigenvalue weighted by atomic mass is 10.1. The van der Waals surface area contributed by atoms with Crippen LogP contribution in [0.25, 0.3) is 0 Å². The van der Waals surface area contributed by atoms with Gasteiger partial charge in [0, 0.05) is 29.8 Å². The molecule has 2 unspecified atom stereocenters. The lowest BCUT2D eigenvalue weighted by Crippen LogP contribution is -2.47. The van der Waals surface area contributed by atoms with Gasteiger partial charge in [0.1, 0.15) is 6.04 Å². The van der Waals surface area contributed by atoms with E-state index in [2.05, 4.69) is 21.2 Å². The summed E-state index contributed by atoms with van der Waals surface area (Å²) in [6.45, 7) is 1.13. The minimum absolute atomic E-state index is 0.143. The quantitative estimate of drug-likeness (QED) is 0.814. The fourth-order valence-corrected chi connectivity index (χ4v) is 3.49. The van der Waals surface area contributed by atoms with Crippen molar-refractivity contribution in [2.45, 2.75) is 18.9 Å². The topological polar surface area (TPSA) is 89.9 Å². The summed E-state index contributed by atoms with van der Waals surface area (Å²) in [7, 11) is 0. The number of anilines is 1. The fourth-order valence-electron chi connectivity index (χ4n) is 3.10. The highest BCUT2D eigenvalue weighted by Crippen LogP contribution is 2.25. The number of rotatable bonds is 3. The molecule has 1 aromatic rings. The van der Waals surface area contributed by atoms with E-state index in [1.165, 1.54) is 4.90 Å². The lowest BCUT2D eigenvalue weighted by molar-refractivity contribution is -0.141. The summed E-state index contributed by atoms with van der Waals surface area (Å²) in [5.74, 6) is -1.55. The molecule has 0 aromatic heterocycles. The van der Waals surface area contributed by atoms with E-state index in [1.54, 1.807) is 4.90 Å². The number of carboxylic acids is 1. The number of likely N-dealkylation sites (tertiary alicyclic amines) is 1. The standard InChI is InChI=1S/C16H18BrN3O4/c17-11-2-1-3-12(8-11)20-7-5-13(14(20)21)18-16(24)19-6-4-10(9-19)15(22)23/h1-3,8,10,13H,4-7,9H2,(H,18,24)(H,22,23). The van der Waals surface area contributed by atoms with Crippen LogP contribution in [0.15, 0.2) is 28.7 Å². The summed E-state index contributed by atoms with van der Waals surface area (Å²) in [6.07, 6.45) is 0.985. The van der Waals surface area contributed by atoms with E-state index in [-0.39, 0.29) is 18.5 Å². The van der Waals surface area contributed by atoms with Crippen molar-refractivity contribution in [1.29, 1.82) is 0 Å². The third-order valence-electron chi connectivity index (χ3n) is 4.45. The van der Waals surface area contributed by atoms with Crippen LogP contribution < -0.4 is 10.2 Å². The first kappa shape index (κ1) is 16.8. The van der Waals surface area contributed by atoms with Crippen molar-refractivity contribution in [3.63, 3.8) is 0 Å². The average Bonchev–Trinajstić information content (AvgIpc) is 3.15. The smallest absolute Gasteiger partial charge is 0.318 e. The number of carbonyl (C=O) groups is 3. The van der Waals surface area contributed by atoms with Gasteiger partial charge in [0.2, 0.25) is 5.91 Å². The van der Waals surface area contributed by atoms with Gasteiger partial charge in [-0.15, -0.1) is 0 Å². The van der Waals surface area contributed by atoms with E-state index in [9.17, 15) is 14.4 Å². The Bertz CT molecular complexity index is 681. The number of hydrogen-bond donors (Lipinski definition) is 2. The van der Waals surface area contributed by atoms with Crippen LogP contribution in [0.2, 0.25) is 0 Å². The monoisotopic (exact) mass is 395 g/mol. The molecule has 0 radical (unpaired) electrons. The minimum Gasteiger partial charge on any atom is -0.481 e. The number of aliphatic carboxylic acids is 1. The Kier molecular flexibility index (Phi) is 4.75. The van der Waals surface area contributed by atoms with Crippen molar-refractivity contribution >= 4 is 39.5 Å². The van der Waals surface area contributed by atoms with Crippen LogP contribution in [-0.4, -0.2) is 53.6 Å². The van der Waals surface area contributed by atoms with Gasteiger partial charge < -0.3 is 20.2 Å². The molecule has 2 N–H and O–H groups in total. The third-order valence-corrected chi connectivity index (χ3v) is 4.94. The van der Waals surface area contributed by atoms with Crippen molar-refractivity contribution in [2.75, 3.05) is 24.5 Å². The maximum atomic E-state index is 12.5. The molecule has 0 aliphatic carbocycles. The molecule has 2 aliphatic heterocycles. The highest BCUT2D eigenvalue weighted by molar-refractivity contribution is 9.10. The lowest BCUT2D eigenvalue weighted by Gasteiger charge is -2.20. The maximum Gasteiger partial charge on any atom is 0.318 e. The van der Waals surface area contributed by atoms with Crippen LogP contribution in [0, 0.1) is 5.92 Å². The molecule has 2 aliphatic rings. The van der Waals surface area contributed by atoms with Crippen LogP contribution in [0.3, 0.4) is 0 Å². The van der Waals surface area contributed by atoms with Gasteiger partial charge in [-0.2, -0.15) is 0 Å². The van der Waals surface area contributed by atoms with E-state index < -0.39 is 17.9 Å². The van der Waals surface area contributed by atoms with Gasteiger partial charge in [0.05, 0.1) is 5.92 Å². The zero-order valence-electron chi connectivity index (χ0n) is 12.9. The number of halogens is 1. The predicted octanol–water partition coefficient (Wildman–Crippen LogP) is 1.67. The molecule has 2 fully saturated rings. The largest absolute Gasteiger partial charge is 0.481 e. The summed E-state index contributed by atoms with van der Waals surface area (Å²) in [5, 5.41) is 11.7. The fraction of sp³-hybridized carbons (Fsp3) is 0.438. The Balaban J connectivity index is 1.60. The number of benzene rings is 1. The van der Waals surface area contributed by atoms with Crippen LogP contribution in [-0.2, 0) is 9.59 Å². The summed E-state index contributed by atoms with van der Waals surface area (Å²) < 4.78 is 0.886. The third kappa shape index (κ3) is 3.38. The number of urea groups is 1. The Morgan fingerprint density at radius 2 is 2.04 bits per heavy atom. The Hall–Kier alpha value is -2.09. The molecular formula is C16H18BrN3O4. The first-order valence-electron chi connectivity index (χ1n) is 7.81. The number of amides is 3. The van der Waals surface area contributed by atoms with Crippen LogP contribution in [0.1, 0.15) is 12.8 Å². The molecule has 3 amide bonds. The zero-order chi connectivity index (χ0) is 17.3. The van der Waals surface area contributed by atoms with E-state index in [0.717, 1.165) is 10.2 Å². The molecule has 0 spiro atoms. The molecule has 2 heterocycles. The van der Waals surface area contributed by atoms with Crippen molar-refractivity contribution < 1.29 is 19.5 Å². The molecule has 2 atom stereocenters. The Morgan fingerprint density at radius 1 is 1.25 bits per heavy atom. The normalized spacial score (nSPS) is 23.6. The van der Waals surface area contributed by atoms with Gasteiger partial charge in [-0.3, -0.25) is 9.59 Å². The average molecular weight is 396 g/mol. The molecule has 8 heteroatoms. The molecule has 3 rings (SSSR count). The minimum atomic E-state index is -0.886. The van der Waals surface area contributed by atoms with Crippen molar-refractivity contribution in [1.82, 2.24) is 10.2 Å². The molecule has 7 nitrogen and oxygen atoms in total. The molecule has 0 bridgehead atoms. The zero-order valence-corrected chi connectivity index (χ0v) is 14.5. The van der Waals surface area contributed by atoms with Crippen LogP contribution >= 0.6 is 15.9 Å². The first-order valence-corrected chi connectivity index (χ1v) is 8.60. The molecule has 0 saturated carbocycles. The second-order valence-corrected chi connectivity index (χ2v) is 6.95. The number of nitrogens with zero attached hydrogens (tertiary/aromatic N) is 2. The second kappa shape index (κ2) is 6.80. The van der Waals surface area contributed by atoms with E-state index in [1.807, 2.05) is 24.3 Å². The Labute approximate surface area is 147 Å². The molecular weight excluding hydrogens is 378 g/mol. The number of carbonyl (C=O) groups excluding carboxylic acids is 2. The maximum absolute atomic E-state index is 12.5. The molecule has 1 aromatic carbocycles. The van der Waals surface area contributed by atoms with Gasteiger partial charge >= 0.3 is 12.0 Å². The van der Waals surface area contributed by atoms with E-state index >= 15 is 0 Å². The second-order valence-electron chi connectivity index (χ2n) is 6.03. The summed E-state index contributed by atoms with van der Waals surface area (Å²) in [5.41, 5.74) is 0.790.